The van der Waals surface area contributed by atoms with Gasteiger partial charge in [-0.1, -0.05) is 83.5 Å². The van der Waals surface area contributed by atoms with Crippen LogP contribution in [0.1, 0.15) is 62.8 Å². The van der Waals surface area contributed by atoms with Crippen LogP contribution in [0.4, 0.5) is 17.8 Å². The summed E-state index contributed by atoms with van der Waals surface area (Å²) in [6.07, 6.45) is 1.58. The number of rotatable bonds is 8. The predicted molar refractivity (Wildman–Crippen MR) is 265 cm³/mol. The molecule has 0 spiro atoms. The predicted octanol–water partition coefficient (Wildman–Crippen LogP) is 13.0. The van der Waals surface area contributed by atoms with Gasteiger partial charge in [0.15, 0.2) is 0 Å². The summed E-state index contributed by atoms with van der Waals surface area (Å²) in [6.45, 7) is 17.7. The first-order valence-corrected chi connectivity index (χ1v) is 22.9. The second-order valence-corrected chi connectivity index (χ2v) is 17.0. The van der Waals surface area contributed by atoms with Gasteiger partial charge in [0.1, 0.15) is 17.2 Å². The summed E-state index contributed by atoms with van der Waals surface area (Å²) < 4.78 is 16.9. The van der Waals surface area contributed by atoms with E-state index in [1.165, 1.54) is 0 Å². The lowest BCUT2D eigenvalue weighted by molar-refractivity contribution is 0.242. The Morgan fingerprint density at radius 2 is 1.16 bits per heavy atom. The van der Waals surface area contributed by atoms with E-state index in [1.54, 1.807) is 31.3 Å². The number of fused-ring (bicyclic) bond motifs is 2. The molecule has 2 aliphatic heterocycles. The molecule has 0 atom stereocenters. The molecule has 0 unspecified atom stereocenters. The molecule has 0 amide bonds. The topological polar surface area (TPSA) is 146 Å². The number of hydrogen-bond acceptors (Lipinski definition) is 12. The molecule has 64 heavy (non-hydrogen) atoms. The first kappa shape index (κ1) is 50.4. The average molecular weight is 991 g/mol. The van der Waals surface area contributed by atoms with Gasteiger partial charge in [0.25, 0.3) is 0 Å². The van der Waals surface area contributed by atoms with Gasteiger partial charge in [0.2, 0.25) is 17.8 Å². The molecule has 0 fully saturated rings. The van der Waals surface area contributed by atoms with Gasteiger partial charge < -0.3 is 30.2 Å². The molecule has 8 rings (SSSR count). The van der Waals surface area contributed by atoms with Crippen molar-refractivity contribution in [1.29, 1.82) is 0 Å². The Morgan fingerprint density at radius 3 is 1.67 bits per heavy atom. The third-order valence-corrected chi connectivity index (χ3v) is 11.3. The van der Waals surface area contributed by atoms with Crippen molar-refractivity contribution in [3.05, 3.63) is 101 Å². The number of anilines is 3. The van der Waals surface area contributed by atoms with Gasteiger partial charge in [-0.2, -0.15) is 0 Å². The van der Waals surface area contributed by atoms with Crippen LogP contribution >= 0.6 is 69.6 Å². The number of hydrogen-bond donors (Lipinski definition) is 2. The van der Waals surface area contributed by atoms with Crippen LogP contribution in [0.5, 0.6) is 17.2 Å². The number of nitrogens with one attached hydrogen (secondary N) is 1. The Labute approximate surface area is 405 Å². The molecule has 2 aliphatic rings. The van der Waals surface area contributed by atoms with Gasteiger partial charge in [0.05, 0.1) is 66.5 Å². The van der Waals surface area contributed by atoms with Crippen LogP contribution in [0.15, 0.2) is 42.5 Å². The number of aryl methyl sites for hydroxylation is 3. The number of halogens is 6. The molecule has 5 heterocycles. The van der Waals surface area contributed by atoms with E-state index in [1.807, 2.05) is 78.6 Å². The minimum absolute atomic E-state index is 0.0127. The molecule has 0 aliphatic carbocycles. The number of nitrogens with two attached hydrogens (primary N) is 1. The Balaban J connectivity index is 0.000000177. The van der Waals surface area contributed by atoms with Gasteiger partial charge in [-0.15, -0.1) is 0 Å². The van der Waals surface area contributed by atoms with E-state index in [2.05, 4.69) is 42.1 Å². The molecule has 0 saturated carbocycles. The molecule has 0 radical (unpaired) electrons. The summed E-state index contributed by atoms with van der Waals surface area (Å²) in [5.41, 5.74) is 15.0. The average Bonchev–Trinajstić information content (AvgIpc) is 3.94. The van der Waals surface area contributed by atoms with Gasteiger partial charge in [-0.25, -0.2) is 29.9 Å². The molecule has 3 aromatic heterocycles. The minimum atomic E-state index is 0.0127. The molecule has 0 bridgehead atoms. The summed E-state index contributed by atoms with van der Waals surface area (Å²) in [6, 6.07) is 12.5. The summed E-state index contributed by atoms with van der Waals surface area (Å²) >= 11 is 37.6. The van der Waals surface area contributed by atoms with Crippen molar-refractivity contribution in [3.63, 3.8) is 0 Å². The van der Waals surface area contributed by atoms with E-state index in [9.17, 15) is 0 Å². The zero-order valence-electron chi connectivity index (χ0n) is 37.4. The molecule has 18 heteroatoms. The van der Waals surface area contributed by atoms with Crippen LogP contribution in [0.25, 0.3) is 33.8 Å². The van der Waals surface area contributed by atoms with Crippen molar-refractivity contribution in [2.24, 2.45) is 0 Å². The standard InChI is InChI=1S/C16H17Cl2N3O.C14H13Cl2N3O.C14H15Cl2N3O.C2H6/c1-4-21(3)16-19-9(2)7-13(20-16)14-10-5-6-22-15(10)12(18)8-11(14)17;1-7-5-11(19-14(17-2)18-7)12-8-3-4-20-13(8)10(16)6-9(12)15;1-7(2)20-13-5-9(10(15)6-11(13)16)12-4-8(3)18-14(17)19-12;1-2/h7-8H,4-6H2,1-3H3;5-6H,3-4H2,1-2H3,(H,17,18,19);4-7H,1-3H3,(H2,17,18,19);1-2H3. The van der Waals surface area contributed by atoms with Crippen molar-refractivity contribution < 1.29 is 14.2 Å². The van der Waals surface area contributed by atoms with Crippen molar-refractivity contribution >= 4 is 87.5 Å². The van der Waals surface area contributed by atoms with Gasteiger partial charge >= 0.3 is 0 Å². The maximum absolute atomic E-state index is 6.45. The van der Waals surface area contributed by atoms with Crippen molar-refractivity contribution in [1.82, 2.24) is 29.9 Å². The van der Waals surface area contributed by atoms with E-state index in [-0.39, 0.29) is 12.1 Å². The van der Waals surface area contributed by atoms with Crippen LogP contribution in [0.2, 0.25) is 30.1 Å². The second-order valence-electron chi connectivity index (χ2n) is 14.6. The van der Waals surface area contributed by atoms with E-state index in [0.29, 0.717) is 78.0 Å². The molecule has 6 aromatic rings. The molecule has 3 N–H and O–H groups in total. The fourth-order valence-electron chi connectivity index (χ4n) is 6.76. The number of ether oxygens (including phenoxy) is 3. The first-order valence-electron chi connectivity index (χ1n) is 20.6. The number of nitrogen functional groups attached to an aromatic ring is 1. The zero-order chi connectivity index (χ0) is 47.0. The molecule has 12 nitrogen and oxygen atoms in total. The Morgan fingerprint density at radius 1 is 0.656 bits per heavy atom. The quantitative estimate of drug-likeness (QED) is 0.150. The fourth-order valence-corrected chi connectivity index (χ4v) is 8.59. The molecular weight excluding hydrogens is 939 g/mol. The normalized spacial score (nSPS) is 12.0. The highest BCUT2D eigenvalue weighted by Crippen LogP contribution is 2.46. The number of nitrogens with zero attached hydrogens (tertiary/aromatic N) is 7. The summed E-state index contributed by atoms with van der Waals surface area (Å²) in [4.78, 5) is 28.2. The van der Waals surface area contributed by atoms with E-state index < -0.39 is 0 Å². The minimum Gasteiger partial charge on any atom is -0.491 e. The van der Waals surface area contributed by atoms with E-state index >= 15 is 0 Å². The van der Waals surface area contributed by atoms with Crippen LogP contribution in [-0.2, 0) is 12.8 Å². The monoisotopic (exact) mass is 987 g/mol. The zero-order valence-corrected chi connectivity index (χ0v) is 41.9. The molecular formula is C46H51Cl6N9O3. The van der Waals surface area contributed by atoms with Gasteiger partial charge in [-0.05, 0) is 84.0 Å². The summed E-state index contributed by atoms with van der Waals surface area (Å²) in [5.74, 6) is 3.47. The third kappa shape index (κ3) is 12.0. The second kappa shape index (κ2) is 22.6. The fraction of sp³-hybridized carbons (Fsp3) is 0.348. The van der Waals surface area contributed by atoms with E-state index in [4.69, 9.17) is 89.5 Å². The van der Waals surface area contributed by atoms with Gasteiger partial charge in [0, 0.05) is 78.4 Å². The number of aromatic nitrogens is 6. The molecule has 0 saturated heterocycles. The summed E-state index contributed by atoms with van der Waals surface area (Å²) in [5, 5.41) is 6.19. The highest BCUT2D eigenvalue weighted by atomic mass is 35.5. The molecule has 340 valence electrons. The third-order valence-electron chi connectivity index (χ3n) is 9.55. The Bertz CT molecular complexity index is 2610. The van der Waals surface area contributed by atoms with Crippen molar-refractivity contribution in [3.8, 4) is 51.0 Å². The highest BCUT2D eigenvalue weighted by molar-refractivity contribution is 6.39. The SMILES string of the molecule is CC.CCN(C)c1nc(C)cc(-c2c(Cl)cc(Cl)c3c2CCO3)n1.CNc1nc(C)cc(-c2c(Cl)cc(Cl)c3c2CCO3)n1.Cc1cc(-c2cc(OC(C)C)c(Cl)cc2Cl)nc(N)n1. The highest BCUT2D eigenvalue weighted by Gasteiger charge is 2.26. The lowest BCUT2D eigenvalue weighted by Crippen LogP contribution is -2.19. The summed E-state index contributed by atoms with van der Waals surface area (Å²) in [7, 11) is 3.76. The number of benzene rings is 3. The van der Waals surface area contributed by atoms with Crippen LogP contribution in [0, 0.1) is 20.8 Å². The van der Waals surface area contributed by atoms with Crippen LogP contribution in [0.3, 0.4) is 0 Å². The van der Waals surface area contributed by atoms with Crippen LogP contribution < -0.4 is 30.2 Å². The Hall–Kier alpha value is -4.56. The maximum Gasteiger partial charge on any atom is 0.225 e. The largest absolute Gasteiger partial charge is 0.491 e. The van der Waals surface area contributed by atoms with Gasteiger partial charge in [-0.3, -0.25) is 0 Å². The lowest BCUT2D eigenvalue weighted by Gasteiger charge is -2.17. The van der Waals surface area contributed by atoms with Crippen LogP contribution in [-0.4, -0.2) is 69.9 Å². The Kier molecular flexibility index (Phi) is 17.8. The van der Waals surface area contributed by atoms with Crippen molar-refractivity contribution in [2.45, 2.75) is 74.3 Å². The maximum atomic E-state index is 6.45. The van der Waals surface area contributed by atoms with Crippen molar-refractivity contribution in [2.75, 3.05) is 49.8 Å². The molecule has 3 aromatic carbocycles. The smallest absolute Gasteiger partial charge is 0.225 e. The lowest BCUT2D eigenvalue weighted by atomic mass is 10.0. The first-order chi connectivity index (χ1) is 30.5. The van der Waals surface area contributed by atoms with E-state index in [0.717, 1.165) is 75.9 Å².